The molecule has 0 amide bonds. The number of aromatic nitrogens is 3. The summed E-state index contributed by atoms with van der Waals surface area (Å²) in [5.41, 5.74) is 10.2. The van der Waals surface area contributed by atoms with E-state index in [1.165, 1.54) is 0 Å². The molecule has 2 rings (SSSR count). The van der Waals surface area contributed by atoms with Crippen molar-refractivity contribution in [3.8, 4) is 0 Å². The molecule has 0 aromatic carbocycles. The second kappa shape index (κ2) is 5.67. The predicted molar refractivity (Wildman–Crippen MR) is 73.3 cm³/mol. The molecule has 0 aliphatic heterocycles. The summed E-state index contributed by atoms with van der Waals surface area (Å²) in [5, 5.41) is 4.58. The molecule has 2 N–H and O–H groups in total. The maximum Gasteiger partial charge on any atom is 0.0854 e. The van der Waals surface area contributed by atoms with Crippen LogP contribution in [0.4, 0.5) is 5.69 Å². The Bertz CT molecular complexity index is 502. The molecule has 2 heterocycles. The lowest BCUT2D eigenvalue weighted by atomic mass is 10.2. The number of hydrogen-bond acceptors (Lipinski definition) is 3. The molecule has 18 heavy (non-hydrogen) atoms. The van der Waals surface area contributed by atoms with Crippen LogP contribution in [0.15, 0.2) is 24.4 Å². The number of nitrogens with zero attached hydrogens (tertiary/aromatic N) is 3. The normalized spacial score (nSPS) is 10.8. The largest absolute Gasteiger partial charge is 0.396 e. The Balaban J connectivity index is 2.14. The molecule has 0 bridgehead atoms. The Morgan fingerprint density at radius 2 is 2.06 bits per heavy atom. The minimum Gasteiger partial charge on any atom is -0.396 e. The topological polar surface area (TPSA) is 56.7 Å². The van der Waals surface area contributed by atoms with Crippen LogP contribution < -0.4 is 5.73 Å². The SMILES string of the molecule is CCc1nn(CCc2ccccn2)c(CC)c1N. The first-order valence-electron chi connectivity index (χ1n) is 6.50. The molecule has 0 fully saturated rings. The summed E-state index contributed by atoms with van der Waals surface area (Å²) in [4.78, 5) is 4.33. The Hall–Kier alpha value is -1.84. The zero-order valence-electron chi connectivity index (χ0n) is 11.1. The van der Waals surface area contributed by atoms with Gasteiger partial charge in [-0.25, -0.2) is 0 Å². The fourth-order valence-electron chi connectivity index (χ4n) is 2.15. The van der Waals surface area contributed by atoms with Crippen molar-refractivity contribution < 1.29 is 0 Å². The number of nitrogens with two attached hydrogens (primary N) is 1. The molecule has 0 unspecified atom stereocenters. The summed E-state index contributed by atoms with van der Waals surface area (Å²) in [5.74, 6) is 0. The summed E-state index contributed by atoms with van der Waals surface area (Å²) in [6, 6.07) is 5.99. The minimum atomic E-state index is 0.838. The van der Waals surface area contributed by atoms with Crippen molar-refractivity contribution in [1.82, 2.24) is 14.8 Å². The molecule has 2 aromatic heterocycles. The van der Waals surface area contributed by atoms with E-state index in [4.69, 9.17) is 5.73 Å². The Kier molecular flexibility index (Phi) is 3.97. The van der Waals surface area contributed by atoms with Gasteiger partial charge < -0.3 is 5.73 Å². The highest BCUT2D eigenvalue weighted by Gasteiger charge is 2.12. The number of nitrogen functional groups attached to an aromatic ring is 1. The van der Waals surface area contributed by atoms with Crippen LogP contribution in [0.25, 0.3) is 0 Å². The third-order valence-electron chi connectivity index (χ3n) is 3.15. The van der Waals surface area contributed by atoms with Gasteiger partial charge in [0.15, 0.2) is 0 Å². The van der Waals surface area contributed by atoms with E-state index in [0.29, 0.717) is 0 Å². The zero-order valence-corrected chi connectivity index (χ0v) is 11.1. The number of pyridine rings is 1. The van der Waals surface area contributed by atoms with Gasteiger partial charge in [-0.2, -0.15) is 5.10 Å². The van der Waals surface area contributed by atoms with Gasteiger partial charge in [0.2, 0.25) is 0 Å². The van der Waals surface area contributed by atoms with Crippen molar-refractivity contribution >= 4 is 5.69 Å². The van der Waals surface area contributed by atoms with E-state index in [0.717, 1.165) is 48.6 Å². The third kappa shape index (κ3) is 2.53. The van der Waals surface area contributed by atoms with Crippen molar-refractivity contribution in [1.29, 1.82) is 0 Å². The number of hydrogen-bond donors (Lipinski definition) is 1. The van der Waals surface area contributed by atoms with E-state index in [2.05, 4.69) is 23.9 Å². The molecule has 0 atom stereocenters. The van der Waals surface area contributed by atoms with Gasteiger partial charge in [0.1, 0.15) is 0 Å². The van der Waals surface area contributed by atoms with Gasteiger partial charge in [0.05, 0.1) is 17.1 Å². The van der Waals surface area contributed by atoms with Gasteiger partial charge in [-0.05, 0) is 25.0 Å². The Morgan fingerprint density at radius 3 is 2.67 bits per heavy atom. The third-order valence-corrected chi connectivity index (χ3v) is 3.15. The first-order chi connectivity index (χ1) is 8.76. The van der Waals surface area contributed by atoms with Crippen molar-refractivity contribution in [3.05, 3.63) is 41.5 Å². The average molecular weight is 244 g/mol. The van der Waals surface area contributed by atoms with Crippen LogP contribution >= 0.6 is 0 Å². The molecule has 0 saturated carbocycles. The highest BCUT2D eigenvalue weighted by molar-refractivity contribution is 5.48. The maximum absolute atomic E-state index is 6.10. The van der Waals surface area contributed by atoms with Gasteiger partial charge in [0.25, 0.3) is 0 Å². The van der Waals surface area contributed by atoms with E-state index >= 15 is 0 Å². The van der Waals surface area contributed by atoms with Gasteiger partial charge in [-0.1, -0.05) is 19.9 Å². The predicted octanol–water partition coefficient (Wildman–Crippen LogP) is 2.23. The van der Waals surface area contributed by atoms with Crippen LogP contribution in [0.1, 0.15) is 30.9 Å². The van der Waals surface area contributed by atoms with Crippen molar-refractivity contribution in [2.24, 2.45) is 0 Å². The van der Waals surface area contributed by atoms with Gasteiger partial charge in [0, 0.05) is 24.9 Å². The van der Waals surface area contributed by atoms with Crippen LogP contribution in [0.3, 0.4) is 0 Å². The van der Waals surface area contributed by atoms with Gasteiger partial charge in [-0.3, -0.25) is 9.67 Å². The molecule has 0 saturated heterocycles. The molecule has 0 aliphatic carbocycles. The summed E-state index contributed by atoms with van der Waals surface area (Å²) in [6.45, 7) is 5.04. The number of rotatable bonds is 5. The van der Waals surface area contributed by atoms with E-state index in [1.807, 2.05) is 29.1 Å². The smallest absolute Gasteiger partial charge is 0.0854 e. The molecule has 4 nitrogen and oxygen atoms in total. The molecular weight excluding hydrogens is 224 g/mol. The number of aryl methyl sites for hydroxylation is 3. The van der Waals surface area contributed by atoms with Crippen molar-refractivity contribution in [2.75, 3.05) is 5.73 Å². The van der Waals surface area contributed by atoms with E-state index < -0.39 is 0 Å². The second-order valence-corrected chi connectivity index (χ2v) is 4.31. The average Bonchev–Trinajstić information content (AvgIpc) is 2.73. The van der Waals surface area contributed by atoms with Crippen LogP contribution in [0.5, 0.6) is 0 Å². The fourth-order valence-corrected chi connectivity index (χ4v) is 2.15. The minimum absolute atomic E-state index is 0.838. The van der Waals surface area contributed by atoms with E-state index in [1.54, 1.807) is 0 Å². The Morgan fingerprint density at radius 1 is 1.22 bits per heavy atom. The van der Waals surface area contributed by atoms with Crippen LogP contribution in [-0.2, 0) is 25.8 Å². The lowest BCUT2D eigenvalue weighted by Crippen LogP contribution is -2.08. The quantitative estimate of drug-likeness (QED) is 0.877. The Labute approximate surface area is 108 Å². The molecule has 4 heteroatoms. The maximum atomic E-state index is 6.10. The molecule has 2 aromatic rings. The molecular formula is C14H20N4. The molecule has 0 radical (unpaired) electrons. The lowest BCUT2D eigenvalue weighted by molar-refractivity contribution is 0.576. The summed E-state index contributed by atoms with van der Waals surface area (Å²) >= 11 is 0. The van der Waals surface area contributed by atoms with Gasteiger partial charge >= 0.3 is 0 Å². The van der Waals surface area contributed by atoms with Crippen LogP contribution in [0.2, 0.25) is 0 Å². The monoisotopic (exact) mass is 244 g/mol. The summed E-state index contributed by atoms with van der Waals surface area (Å²) in [6.07, 6.45) is 4.51. The first kappa shape index (κ1) is 12.6. The van der Waals surface area contributed by atoms with E-state index in [-0.39, 0.29) is 0 Å². The standard InChI is InChI=1S/C14H20N4/c1-3-12-14(15)13(4-2)18(17-12)10-8-11-7-5-6-9-16-11/h5-7,9H,3-4,8,10,15H2,1-2H3. The molecule has 0 spiro atoms. The van der Waals surface area contributed by atoms with Crippen molar-refractivity contribution in [3.63, 3.8) is 0 Å². The molecule has 0 aliphatic rings. The second-order valence-electron chi connectivity index (χ2n) is 4.31. The highest BCUT2D eigenvalue weighted by atomic mass is 15.3. The van der Waals surface area contributed by atoms with E-state index in [9.17, 15) is 0 Å². The molecule has 96 valence electrons. The van der Waals surface area contributed by atoms with Crippen molar-refractivity contribution in [2.45, 2.75) is 39.7 Å². The first-order valence-corrected chi connectivity index (χ1v) is 6.50. The van der Waals surface area contributed by atoms with Crippen LogP contribution in [-0.4, -0.2) is 14.8 Å². The fraction of sp³-hybridized carbons (Fsp3) is 0.429. The summed E-state index contributed by atoms with van der Waals surface area (Å²) in [7, 11) is 0. The zero-order chi connectivity index (χ0) is 13.0. The van der Waals surface area contributed by atoms with Crippen LogP contribution in [0, 0.1) is 0 Å². The number of anilines is 1. The summed E-state index contributed by atoms with van der Waals surface area (Å²) < 4.78 is 2.03. The highest BCUT2D eigenvalue weighted by Crippen LogP contribution is 2.18. The lowest BCUT2D eigenvalue weighted by Gasteiger charge is -2.05. The van der Waals surface area contributed by atoms with Gasteiger partial charge in [-0.15, -0.1) is 0 Å².